The van der Waals surface area contributed by atoms with E-state index in [1.165, 1.54) is 39.7 Å². The number of benzene rings is 1. The molecule has 0 radical (unpaired) electrons. The van der Waals surface area contributed by atoms with Crippen LogP contribution in [0, 0.1) is 20.8 Å². The Kier molecular flexibility index (Phi) is 6.90. The van der Waals surface area contributed by atoms with Crippen molar-refractivity contribution >= 4 is 12.0 Å². The zero-order chi connectivity index (χ0) is 21.0. The molecular weight excluding hydrogens is 366 g/mol. The van der Waals surface area contributed by atoms with E-state index in [1.54, 1.807) is 11.6 Å². The van der Waals surface area contributed by atoms with Gasteiger partial charge in [-0.1, -0.05) is 18.2 Å². The minimum atomic E-state index is -0.539. The van der Waals surface area contributed by atoms with Crippen LogP contribution in [-0.2, 0) is 17.6 Å². The second-order valence-electron chi connectivity index (χ2n) is 7.81. The Balaban J connectivity index is 1.75. The van der Waals surface area contributed by atoms with Crippen LogP contribution < -0.4 is 5.48 Å². The standard InChI is InChI=1S/C23H31N3O3/c1-15-16(2)24-17(3)20(15)10-11-26(12-13-27)22-8-6-19-14-18(4-7-21(19)22)5-9-23(28)25-29/h4-5,7,9,14,22,24,27,29H,6,8,10-13H2,1-3H3,(H,25,28). The highest BCUT2D eigenvalue weighted by Gasteiger charge is 2.28. The number of nitrogens with one attached hydrogen (secondary N) is 2. The van der Waals surface area contributed by atoms with E-state index in [1.807, 2.05) is 6.07 Å². The Morgan fingerprint density at radius 2 is 2.07 bits per heavy atom. The van der Waals surface area contributed by atoms with E-state index >= 15 is 0 Å². The summed E-state index contributed by atoms with van der Waals surface area (Å²) in [4.78, 5) is 17.0. The Labute approximate surface area is 172 Å². The monoisotopic (exact) mass is 397 g/mol. The normalized spacial score (nSPS) is 16.0. The maximum atomic E-state index is 11.2. The number of aliphatic hydroxyl groups excluding tert-OH is 1. The summed E-state index contributed by atoms with van der Waals surface area (Å²) < 4.78 is 0. The van der Waals surface area contributed by atoms with Gasteiger partial charge in [-0.2, -0.15) is 0 Å². The van der Waals surface area contributed by atoms with Crippen LogP contribution in [0.15, 0.2) is 24.3 Å². The number of amides is 1. The Morgan fingerprint density at radius 1 is 1.28 bits per heavy atom. The molecule has 0 spiro atoms. The number of H-pyrrole nitrogens is 1. The van der Waals surface area contributed by atoms with Gasteiger partial charge < -0.3 is 10.1 Å². The number of aryl methyl sites for hydroxylation is 3. The molecule has 3 rings (SSSR count). The fraction of sp³-hybridized carbons (Fsp3) is 0.435. The molecule has 2 aromatic rings. The summed E-state index contributed by atoms with van der Waals surface area (Å²) >= 11 is 0. The van der Waals surface area contributed by atoms with Gasteiger partial charge in [0.15, 0.2) is 0 Å². The van der Waals surface area contributed by atoms with Crippen molar-refractivity contribution < 1.29 is 15.1 Å². The lowest BCUT2D eigenvalue weighted by Gasteiger charge is -2.29. The minimum absolute atomic E-state index is 0.146. The van der Waals surface area contributed by atoms with E-state index < -0.39 is 5.91 Å². The lowest BCUT2D eigenvalue weighted by molar-refractivity contribution is -0.124. The number of fused-ring (bicyclic) bond motifs is 1. The quantitative estimate of drug-likeness (QED) is 0.313. The largest absolute Gasteiger partial charge is 0.395 e. The first-order chi connectivity index (χ1) is 13.9. The highest BCUT2D eigenvalue weighted by molar-refractivity contribution is 5.90. The molecule has 1 aromatic heterocycles. The van der Waals surface area contributed by atoms with Crippen LogP contribution in [-0.4, -0.2) is 45.8 Å². The van der Waals surface area contributed by atoms with Gasteiger partial charge in [-0.05, 0) is 73.9 Å². The fourth-order valence-electron chi connectivity index (χ4n) is 4.45. The zero-order valence-corrected chi connectivity index (χ0v) is 17.5. The lowest BCUT2D eigenvalue weighted by Crippen LogP contribution is -2.32. The average Bonchev–Trinajstić information content (AvgIpc) is 3.23. The van der Waals surface area contributed by atoms with Gasteiger partial charge in [0.25, 0.3) is 5.91 Å². The highest BCUT2D eigenvalue weighted by Crippen LogP contribution is 2.36. The SMILES string of the molecule is Cc1[nH]c(C)c(CCN(CCO)C2CCc3cc(C=CC(=O)NO)ccc32)c1C. The lowest BCUT2D eigenvalue weighted by atomic mass is 10.0. The van der Waals surface area contributed by atoms with Crippen molar-refractivity contribution in [3.63, 3.8) is 0 Å². The number of hydrogen-bond donors (Lipinski definition) is 4. The molecule has 1 unspecified atom stereocenters. The van der Waals surface area contributed by atoms with Gasteiger partial charge in [0, 0.05) is 36.6 Å². The third-order valence-corrected chi connectivity index (χ3v) is 6.07. The fourth-order valence-corrected chi connectivity index (χ4v) is 4.45. The van der Waals surface area contributed by atoms with Gasteiger partial charge in [-0.25, -0.2) is 5.48 Å². The molecule has 1 heterocycles. The Morgan fingerprint density at radius 3 is 2.72 bits per heavy atom. The number of aromatic amines is 1. The molecule has 6 nitrogen and oxygen atoms in total. The first-order valence-corrected chi connectivity index (χ1v) is 10.2. The summed E-state index contributed by atoms with van der Waals surface area (Å²) in [7, 11) is 0. The first kappa shape index (κ1) is 21.3. The van der Waals surface area contributed by atoms with Crippen LogP contribution >= 0.6 is 0 Å². The van der Waals surface area contributed by atoms with Crippen LogP contribution in [0.3, 0.4) is 0 Å². The summed E-state index contributed by atoms with van der Waals surface area (Å²) in [5.74, 6) is -0.539. The third kappa shape index (κ3) is 4.78. The molecule has 1 aromatic carbocycles. The second kappa shape index (κ2) is 9.39. The molecule has 1 amide bonds. The molecule has 6 heteroatoms. The summed E-state index contributed by atoms with van der Waals surface area (Å²) in [6, 6.07) is 6.54. The van der Waals surface area contributed by atoms with E-state index in [-0.39, 0.29) is 6.61 Å². The molecule has 1 atom stereocenters. The smallest absolute Gasteiger partial charge is 0.267 e. The molecule has 1 aliphatic rings. The number of rotatable bonds is 8. The molecule has 29 heavy (non-hydrogen) atoms. The van der Waals surface area contributed by atoms with E-state index in [0.717, 1.165) is 31.4 Å². The predicted molar refractivity (Wildman–Crippen MR) is 114 cm³/mol. The molecule has 0 bridgehead atoms. The zero-order valence-electron chi connectivity index (χ0n) is 17.5. The number of carbonyl (C=O) groups is 1. The number of hydrogen-bond acceptors (Lipinski definition) is 4. The van der Waals surface area contributed by atoms with E-state index in [4.69, 9.17) is 5.21 Å². The number of nitrogens with zero attached hydrogens (tertiary/aromatic N) is 1. The van der Waals surface area contributed by atoms with Gasteiger partial charge in [0.1, 0.15) is 0 Å². The van der Waals surface area contributed by atoms with Crippen molar-refractivity contribution in [1.82, 2.24) is 15.4 Å². The first-order valence-electron chi connectivity index (χ1n) is 10.2. The molecule has 0 saturated carbocycles. The van der Waals surface area contributed by atoms with E-state index in [9.17, 15) is 9.90 Å². The summed E-state index contributed by atoms with van der Waals surface area (Å²) in [6.07, 6.45) is 5.99. The summed E-state index contributed by atoms with van der Waals surface area (Å²) in [5, 5.41) is 18.2. The van der Waals surface area contributed by atoms with Crippen LogP contribution in [0.1, 0.15) is 51.7 Å². The van der Waals surface area contributed by atoms with Crippen molar-refractivity contribution in [3.8, 4) is 0 Å². The van der Waals surface area contributed by atoms with Gasteiger partial charge in [-0.3, -0.25) is 14.9 Å². The third-order valence-electron chi connectivity index (χ3n) is 6.07. The minimum Gasteiger partial charge on any atom is -0.395 e. The second-order valence-corrected chi connectivity index (χ2v) is 7.81. The topological polar surface area (TPSA) is 88.6 Å². The van der Waals surface area contributed by atoms with Crippen molar-refractivity contribution in [1.29, 1.82) is 0 Å². The number of aromatic nitrogens is 1. The van der Waals surface area contributed by atoms with Crippen molar-refractivity contribution in [2.75, 3.05) is 19.7 Å². The molecule has 0 aliphatic heterocycles. The average molecular weight is 398 g/mol. The van der Waals surface area contributed by atoms with E-state index in [2.05, 4.69) is 42.8 Å². The molecule has 1 aliphatic carbocycles. The molecular formula is C23H31N3O3. The Hall–Kier alpha value is -2.41. The van der Waals surface area contributed by atoms with Crippen LogP contribution in [0.5, 0.6) is 0 Å². The predicted octanol–water partition coefficient (Wildman–Crippen LogP) is 2.98. The summed E-state index contributed by atoms with van der Waals surface area (Å²) in [5.41, 5.74) is 10.3. The van der Waals surface area contributed by atoms with Crippen molar-refractivity contribution in [3.05, 3.63) is 63.5 Å². The van der Waals surface area contributed by atoms with Crippen molar-refractivity contribution in [2.24, 2.45) is 0 Å². The molecule has 0 fully saturated rings. The van der Waals surface area contributed by atoms with Crippen LogP contribution in [0.2, 0.25) is 0 Å². The number of aliphatic hydroxyl groups is 1. The van der Waals surface area contributed by atoms with E-state index in [0.29, 0.717) is 12.6 Å². The number of carbonyl (C=O) groups excluding carboxylic acids is 1. The van der Waals surface area contributed by atoms with Gasteiger partial charge in [0.2, 0.25) is 0 Å². The van der Waals surface area contributed by atoms with Gasteiger partial charge in [0.05, 0.1) is 6.61 Å². The molecule has 0 saturated heterocycles. The van der Waals surface area contributed by atoms with Gasteiger partial charge >= 0.3 is 0 Å². The summed E-state index contributed by atoms with van der Waals surface area (Å²) in [6.45, 7) is 8.12. The highest BCUT2D eigenvalue weighted by atomic mass is 16.5. The number of hydroxylamine groups is 1. The van der Waals surface area contributed by atoms with Crippen LogP contribution in [0.4, 0.5) is 0 Å². The van der Waals surface area contributed by atoms with Crippen LogP contribution in [0.25, 0.3) is 6.08 Å². The Bertz CT molecular complexity index is 901. The molecule has 4 N–H and O–H groups in total. The maximum absolute atomic E-state index is 11.2. The maximum Gasteiger partial charge on any atom is 0.267 e. The molecule has 156 valence electrons. The van der Waals surface area contributed by atoms with Gasteiger partial charge in [-0.15, -0.1) is 0 Å². The van der Waals surface area contributed by atoms with Crippen molar-refractivity contribution in [2.45, 2.75) is 46.1 Å².